The average Bonchev–Trinajstić information content (AvgIpc) is 3.18. The van der Waals surface area contributed by atoms with Crippen molar-refractivity contribution in [3.05, 3.63) is 28.7 Å². The molecule has 24 heavy (non-hydrogen) atoms. The van der Waals surface area contributed by atoms with Crippen LogP contribution in [-0.2, 0) is 4.79 Å². The fourth-order valence-electron chi connectivity index (χ4n) is 2.78. The highest BCUT2D eigenvalue weighted by Gasteiger charge is 2.23. The quantitative estimate of drug-likeness (QED) is 0.585. The maximum Gasteiger partial charge on any atom is 0.233 e. The molecular formula is C16H20BrN5OS. The van der Waals surface area contributed by atoms with Crippen molar-refractivity contribution in [2.24, 2.45) is 0 Å². The first-order valence-corrected chi connectivity index (χ1v) is 9.65. The number of nitrogen functional groups attached to an aromatic ring is 1. The number of benzene rings is 1. The summed E-state index contributed by atoms with van der Waals surface area (Å²) in [6, 6.07) is 8.01. The van der Waals surface area contributed by atoms with Gasteiger partial charge in [0.1, 0.15) is 0 Å². The zero-order valence-corrected chi connectivity index (χ0v) is 15.8. The molecule has 1 atom stereocenters. The highest BCUT2D eigenvalue weighted by molar-refractivity contribution is 9.10. The number of nitrogens with two attached hydrogens (primary N) is 1. The van der Waals surface area contributed by atoms with Crippen LogP contribution < -0.4 is 11.2 Å². The molecule has 8 heteroatoms. The summed E-state index contributed by atoms with van der Waals surface area (Å²) in [5.41, 5.74) is 0.870. The molecule has 0 radical (unpaired) electrons. The van der Waals surface area contributed by atoms with E-state index in [1.807, 2.05) is 31.2 Å². The summed E-state index contributed by atoms with van der Waals surface area (Å²) in [4.78, 5) is 12.3. The SMILES string of the molecule is C[C@H](Sc1nnc(-c2cccc(Br)c2)n1N)C(=O)NC1CCCC1. The minimum atomic E-state index is -0.271. The van der Waals surface area contributed by atoms with E-state index in [-0.39, 0.29) is 11.2 Å². The minimum Gasteiger partial charge on any atom is -0.352 e. The molecule has 1 saturated carbocycles. The van der Waals surface area contributed by atoms with Gasteiger partial charge in [-0.1, -0.05) is 52.7 Å². The average molecular weight is 410 g/mol. The van der Waals surface area contributed by atoms with E-state index in [4.69, 9.17) is 5.84 Å². The van der Waals surface area contributed by atoms with Crippen molar-refractivity contribution in [3.8, 4) is 11.4 Å². The monoisotopic (exact) mass is 409 g/mol. The zero-order valence-electron chi connectivity index (χ0n) is 13.4. The van der Waals surface area contributed by atoms with Gasteiger partial charge in [-0.25, -0.2) is 4.68 Å². The molecule has 3 rings (SSSR count). The topological polar surface area (TPSA) is 85.8 Å². The fraction of sp³-hybridized carbons (Fsp3) is 0.438. The molecule has 6 nitrogen and oxygen atoms in total. The van der Waals surface area contributed by atoms with Crippen LogP contribution in [0.1, 0.15) is 32.6 Å². The van der Waals surface area contributed by atoms with Gasteiger partial charge in [-0.05, 0) is 31.9 Å². The first kappa shape index (κ1) is 17.3. The molecule has 1 heterocycles. The third kappa shape index (κ3) is 3.92. The smallest absolute Gasteiger partial charge is 0.233 e. The van der Waals surface area contributed by atoms with E-state index in [0.717, 1.165) is 22.9 Å². The van der Waals surface area contributed by atoms with E-state index < -0.39 is 0 Å². The van der Waals surface area contributed by atoms with Crippen molar-refractivity contribution < 1.29 is 4.79 Å². The molecule has 1 aromatic carbocycles. The Kier molecular flexibility index (Phi) is 5.45. The van der Waals surface area contributed by atoms with Crippen LogP contribution in [0.15, 0.2) is 33.9 Å². The summed E-state index contributed by atoms with van der Waals surface area (Å²) < 4.78 is 2.38. The van der Waals surface area contributed by atoms with E-state index in [1.165, 1.54) is 29.3 Å². The van der Waals surface area contributed by atoms with Gasteiger partial charge in [-0.3, -0.25) is 4.79 Å². The number of hydrogen-bond acceptors (Lipinski definition) is 5. The molecule has 1 aromatic heterocycles. The predicted octanol–water partition coefficient (Wildman–Crippen LogP) is 2.96. The second kappa shape index (κ2) is 7.57. The van der Waals surface area contributed by atoms with Crippen LogP contribution in [0.2, 0.25) is 0 Å². The Morgan fingerprint density at radius 1 is 1.42 bits per heavy atom. The third-order valence-corrected chi connectivity index (χ3v) is 5.65. The Morgan fingerprint density at radius 2 is 2.17 bits per heavy atom. The first-order valence-electron chi connectivity index (χ1n) is 7.98. The van der Waals surface area contributed by atoms with Crippen molar-refractivity contribution in [3.63, 3.8) is 0 Å². The number of rotatable bonds is 5. The standard InChI is InChI=1S/C16H20BrN5OS/c1-10(15(23)19-13-7-2-3-8-13)24-16-21-20-14(22(16)18)11-5-4-6-12(17)9-11/h4-6,9-10,13H,2-3,7-8,18H2,1H3,(H,19,23)/t10-/m0/s1. The Hall–Kier alpha value is -1.54. The summed E-state index contributed by atoms with van der Waals surface area (Å²) in [7, 11) is 0. The van der Waals surface area contributed by atoms with Gasteiger partial charge in [0.2, 0.25) is 11.1 Å². The summed E-state index contributed by atoms with van der Waals surface area (Å²) in [6.45, 7) is 1.86. The molecule has 1 aliphatic carbocycles. The Labute approximate surface area is 153 Å². The lowest BCUT2D eigenvalue weighted by Crippen LogP contribution is -2.37. The van der Waals surface area contributed by atoms with E-state index in [0.29, 0.717) is 17.0 Å². The lowest BCUT2D eigenvalue weighted by molar-refractivity contribution is -0.120. The molecule has 1 aliphatic rings. The normalized spacial score (nSPS) is 16.2. The molecule has 128 valence electrons. The van der Waals surface area contributed by atoms with Gasteiger partial charge in [0.15, 0.2) is 5.82 Å². The largest absolute Gasteiger partial charge is 0.352 e. The number of nitrogens with zero attached hydrogens (tertiary/aromatic N) is 3. The second-order valence-corrected chi connectivity index (χ2v) is 8.16. The summed E-state index contributed by atoms with van der Waals surface area (Å²) in [6.07, 6.45) is 4.53. The molecule has 2 aromatic rings. The Bertz CT molecular complexity index is 729. The van der Waals surface area contributed by atoms with Crippen molar-refractivity contribution in [1.82, 2.24) is 20.2 Å². The van der Waals surface area contributed by atoms with Crippen LogP contribution in [0.3, 0.4) is 0 Å². The fourth-order valence-corrected chi connectivity index (χ4v) is 3.96. The second-order valence-electron chi connectivity index (χ2n) is 5.94. The van der Waals surface area contributed by atoms with Gasteiger partial charge in [0.05, 0.1) is 5.25 Å². The molecule has 0 spiro atoms. The lowest BCUT2D eigenvalue weighted by Gasteiger charge is -2.15. The molecule has 0 bridgehead atoms. The number of aromatic nitrogens is 3. The van der Waals surface area contributed by atoms with Crippen LogP contribution in [0.5, 0.6) is 0 Å². The molecule has 1 fully saturated rings. The lowest BCUT2D eigenvalue weighted by atomic mass is 10.2. The van der Waals surface area contributed by atoms with Crippen molar-refractivity contribution in [2.75, 3.05) is 5.84 Å². The number of thioether (sulfide) groups is 1. The Balaban J connectivity index is 1.68. The minimum absolute atomic E-state index is 0.0268. The summed E-state index contributed by atoms with van der Waals surface area (Å²) >= 11 is 4.76. The number of amides is 1. The third-order valence-electron chi connectivity index (χ3n) is 4.10. The van der Waals surface area contributed by atoms with Crippen molar-refractivity contribution in [2.45, 2.75) is 49.1 Å². The highest BCUT2D eigenvalue weighted by atomic mass is 79.9. The molecule has 0 saturated heterocycles. The number of halogens is 1. The number of carbonyl (C=O) groups excluding carboxylic acids is 1. The zero-order chi connectivity index (χ0) is 17.1. The van der Waals surface area contributed by atoms with Crippen LogP contribution >= 0.6 is 27.7 Å². The molecule has 0 aliphatic heterocycles. The maximum atomic E-state index is 12.3. The summed E-state index contributed by atoms with van der Waals surface area (Å²) in [5, 5.41) is 11.6. The van der Waals surface area contributed by atoms with Gasteiger partial charge < -0.3 is 11.2 Å². The van der Waals surface area contributed by atoms with Gasteiger partial charge in [0, 0.05) is 16.1 Å². The van der Waals surface area contributed by atoms with Crippen molar-refractivity contribution in [1.29, 1.82) is 0 Å². The van der Waals surface area contributed by atoms with E-state index in [9.17, 15) is 4.79 Å². The maximum absolute atomic E-state index is 12.3. The first-order chi connectivity index (χ1) is 11.5. The highest BCUT2D eigenvalue weighted by Crippen LogP contribution is 2.26. The van der Waals surface area contributed by atoms with Gasteiger partial charge >= 0.3 is 0 Å². The number of carbonyl (C=O) groups is 1. The van der Waals surface area contributed by atoms with Crippen LogP contribution in [0, 0.1) is 0 Å². The van der Waals surface area contributed by atoms with Crippen LogP contribution in [0.4, 0.5) is 0 Å². The number of nitrogens with one attached hydrogen (secondary N) is 1. The molecule has 1 amide bonds. The molecular weight excluding hydrogens is 390 g/mol. The van der Waals surface area contributed by atoms with Crippen molar-refractivity contribution >= 4 is 33.6 Å². The summed E-state index contributed by atoms with van der Waals surface area (Å²) in [5.74, 6) is 6.72. The van der Waals surface area contributed by atoms with Gasteiger partial charge in [0.25, 0.3) is 0 Å². The van der Waals surface area contributed by atoms with E-state index >= 15 is 0 Å². The predicted molar refractivity (Wildman–Crippen MR) is 99.0 cm³/mol. The molecule has 3 N–H and O–H groups in total. The van der Waals surface area contributed by atoms with Gasteiger partial charge in [-0.15, -0.1) is 10.2 Å². The Morgan fingerprint density at radius 3 is 2.88 bits per heavy atom. The number of hydrogen-bond donors (Lipinski definition) is 2. The van der Waals surface area contributed by atoms with Gasteiger partial charge in [-0.2, -0.15) is 0 Å². The van der Waals surface area contributed by atoms with E-state index in [1.54, 1.807) is 0 Å². The van der Waals surface area contributed by atoms with E-state index in [2.05, 4.69) is 31.4 Å². The molecule has 0 unspecified atom stereocenters. The van der Waals surface area contributed by atoms with Crippen LogP contribution in [-0.4, -0.2) is 32.1 Å². The van der Waals surface area contributed by atoms with Crippen LogP contribution in [0.25, 0.3) is 11.4 Å².